The molecule has 1 aromatic heterocycles. The third-order valence-corrected chi connectivity index (χ3v) is 4.93. The molecule has 110 valence electrons. The van der Waals surface area contributed by atoms with Crippen LogP contribution >= 0.6 is 0 Å². The van der Waals surface area contributed by atoms with Gasteiger partial charge < -0.3 is 4.57 Å². The first kappa shape index (κ1) is 12.7. The van der Waals surface area contributed by atoms with E-state index in [1.807, 2.05) is 0 Å². The number of para-hydroxylation sites is 2. The van der Waals surface area contributed by atoms with Gasteiger partial charge in [-0.05, 0) is 41.8 Å². The molecule has 5 rings (SSSR count). The summed E-state index contributed by atoms with van der Waals surface area (Å²) in [7, 11) is 0. The number of rotatable bonds is 1. The lowest BCUT2D eigenvalue weighted by atomic mass is 9.83. The molecule has 0 fully saturated rings. The van der Waals surface area contributed by atoms with Crippen molar-refractivity contribution in [2.24, 2.45) is 5.92 Å². The van der Waals surface area contributed by atoms with Crippen molar-refractivity contribution in [3.8, 4) is 5.69 Å². The summed E-state index contributed by atoms with van der Waals surface area (Å²) in [5.74, 6) is 0.516. The highest BCUT2D eigenvalue weighted by Gasteiger charge is 2.25. The van der Waals surface area contributed by atoms with E-state index >= 15 is 0 Å². The average Bonchev–Trinajstić information content (AvgIpc) is 2.94. The molecule has 0 N–H and O–H groups in total. The quantitative estimate of drug-likeness (QED) is 0.573. The van der Waals surface area contributed by atoms with Gasteiger partial charge in [0, 0.05) is 17.0 Å². The Bertz CT molecular complexity index is 983. The van der Waals surface area contributed by atoms with Gasteiger partial charge in [-0.1, -0.05) is 60.7 Å². The first-order chi connectivity index (χ1) is 11.4. The zero-order valence-corrected chi connectivity index (χ0v) is 12.8. The van der Waals surface area contributed by atoms with Crippen molar-refractivity contribution in [1.82, 2.24) is 4.57 Å². The number of fused-ring (bicyclic) bond motifs is 4. The van der Waals surface area contributed by atoms with Gasteiger partial charge >= 0.3 is 0 Å². The second-order valence-corrected chi connectivity index (χ2v) is 6.25. The van der Waals surface area contributed by atoms with E-state index in [-0.39, 0.29) is 0 Å². The maximum atomic E-state index is 2.40. The van der Waals surface area contributed by atoms with Crippen LogP contribution in [0.5, 0.6) is 0 Å². The van der Waals surface area contributed by atoms with Crippen molar-refractivity contribution in [3.63, 3.8) is 0 Å². The molecule has 23 heavy (non-hydrogen) atoms. The van der Waals surface area contributed by atoms with Crippen molar-refractivity contribution in [2.45, 2.75) is 6.42 Å². The van der Waals surface area contributed by atoms with Crippen LogP contribution in [0.2, 0.25) is 0 Å². The first-order valence-electron chi connectivity index (χ1n) is 8.16. The zero-order valence-electron chi connectivity index (χ0n) is 12.8. The molecule has 0 bridgehead atoms. The van der Waals surface area contributed by atoms with E-state index in [2.05, 4.69) is 89.5 Å². The molecule has 1 heteroatoms. The molecule has 0 saturated carbocycles. The van der Waals surface area contributed by atoms with Gasteiger partial charge in [-0.25, -0.2) is 0 Å². The Balaban J connectivity index is 1.86. The molecule has 1 nitrogen and oxygen atoms in total. The number of hydrogen-bond donors (Lipinski definition) is 0. The third kappa shape index (κ3) is 1.86. The number of nitrogens with zero attached hydrogens (tertiary/aromatic N) is 1. The Kier molecular flexibility index (Phi) is 2.68. The van der Waals surface area contributed by atoms with Crippen molar-refractivity contribution >= 4 is 17.0 Å². The maximum Gasteiger partial charge on any atom is 0.0537 e. The molecule has 3 aromatic rings. The van der Waals surface area contributed by atoms with Crippen LogP contribution in [0.1, 0.15) is 11.3 Å². The van der Waals surface area contributed by atoms with Crippen LogP contribution in [0.4, 0.5) is 0 Å². The molecule has 0 aliphatic heterocycles. The molecule has 2 aromatic carbocycles. The summed E-state index contributed by atoms with van der Waals surface area (Å²) >= 11 is 0. The van der Waals surface area contributed by atoms with E-state index in [9.17, 15) is 0 Å². The standard InChI is InChI=1S/C22H17N/c1-2-10-18(11-3-1)23-21-13-7-6-12-19(21)20-14-16-8-4-5-9-17(16)15-22(20)23/h1-13,15-16H,14H2. The summed E-state index contributed by atoms with van der Waals surface area (Å²) in [5.41, 5.74) is 6.75. The second-order valence-electron chi connectivity index (χ2n) is 6.25. The van der Waals surface area contributed by atoms with Gasteiger partial charge in [0.05, 0.1) is 11.2 Å². The number of aromatic nitrogens is 1. The van der Waals surface area contributed by atoms with Crippen LogP contribution in [0.3, 0.4) is 0 Å². The lowest BCUT2D eigenvalue weighted by Crippen LogP contribution is -2.12. The maximum absolute atomic E-state index is 2.40. The number of benzene rings is 2. The Morgan fingerprint density at radius 1 is 0.870 bits per heavy atom. The van der Waals surface area contributed by atoms with E-state index in [1.165, 1.54) is 33.4 Å². The van der Waals surface area contributed by atoms with Gasteiger partial charge in [0.15, 0.2) is 0 Å². The van der Waals surface area contributed by atoms with Gasteiger partial charge in [0.25, 0.3) is 0 Å². The molecule has 1 atom stereocenters. The summed E-state index contributed by atoms with van der Waals surface area (Å²) in [6.07, 6.45) is 12.3. The molecule has 0 spiro atoms. The lowest BCUT2D eigenvalue weighted by molar-refractivity contribution is 0.758. The smallest absolute Gasteiger partial charge is 0.0537 e. The van der Waals surface area contributed by atoms with E-state index < -0.39 is 0 Å². The molecular weight excluding hydrogens is 278 g/mol. The minimum absolute atomic E-state index is 0.516. The van der Waals surface area contributed by atoms with Crippen LogP contribution < -0.4 is 0 Å². The van der Waals surface area contributed by atoms with Crippen molar-refractivity contribution in [1.29, 1.82) is 0 Å². The fourth-order valence-corrected chi connectivity index (χ4v) is 3.87. The Morgan fingerprint density at radius 3 is 2.61 bits per heavy atom. The Morgan fingerprint density at radius 2 is 1.70 bits per heavy atom. The van der Waals surface area contributed by atoms with E-state index in [0.29, 0.717) is 5.92 Å². The van der Waals surface area contributed by atoms with Crippen LogP contribution in [0.15, 0.2) is 84.5 Å². The van der Waals surface area contributed by atoms with Gasteiger partial charge in [-0.3, -0.25) is 0 Å². The molecule has 2 aliphatic carbocycles. The van der Waals surface area contributed by atoms with Crippen LogP contribution in [0, 0.1) is 5.92 Å². The summed E-state index contributed by atoms with van der Waals surface area (Å²) in [4.78, 5) is 0. The van der Waals surface area contributed by atoms with Crippen molar-refractivity contribution in [3.05, 3.63) is 95.7 Å². The minimum atomic E-state index is 0.516. The number of allylic oxidation sites excluding steroid dienone is 5. The summed E-state index contributed by atoms with van der Waals surface area (Å²) < 4.78 is 2.40. The lowest BCUT2D eigenvalue weighted by Gasteiger charge is -2.23. The van der Waals surface area contributed by atoms with Crippen LogP contribution in [0.25, 0.3) is 22.7 Å². The second kappa shape index (κ2) is 4.85. The molecule has 0 amide bonds. The van der Waals surface area contributed by atoms with Gasteiger partial charge in [-0.2, -0.15) is 0 Å². The highest BCUT2D eigenvalue weighted by molar-refractivity contribution is 5.91. The normalized spacial score (nSPS) is 18.6. The van der Waals surface area contributed by atoms with Crippen LogP contribution in [-0.2, 0) is 6.42 Å². The van der Waals surface area contributed by atoms with E-state index in [4.69, 9.17) is 0 Å². The fourth-order valence-electron chi connectivity index (χ4n) is 3.87. The topological polar surface area (TPSA) is 4.93 Å². The van der Waals surface area contributed by atoms with E-state index in [0.717, 1.165) is 6.42 Å². The molecule has 1 heterocycles. The largest absolute Gasteiger partial charge is 0.310 e. The van der Waals surface area contributed by atoms with Gasteiger partial charge in [0.2, 0.25) is 0 Å². The predicted octanol–water partition coefficient (Wildman–Crippen LogP) is 5.31. The molecule has 0 radical (unpaired) electrons. The fraction of sp³-hybridized carbons (Fsp3) is 0.0909. The van der Waals surface area contributed by atoms with Gasteiger partial charge in [-0.15, -0.1) is 0 Å². The summed E-state index contributed by atoms with van der Waals surface area (Å²) in [6.45, 7) is 0. The number of hydrogen-bond acceptors (Lipinski definition) is 0. The Labute approximate surface area is 135 Å². The third-order valence-electron chi connectivity index (χ3n) is 4.93. The highest BCUT2D eigenvalue weighted by Crippen LogP contribution is 2.39. The van der Waals surface area contributed by atoms with Crippen molar-refractivity contribution in [2.75, 3.05) is 0 Å². The predicted molar refractivity (Wildman–Crippen MR) is 96.7 cm³/mol. The zero-order chi connectivity index (χ0) is 15.2. The Hall–Kier alpha value is -2.80. The molecule has 2 aliphatic rings. The average molecular weight is 295 g/mol. The summed E-state index contributed by atoms with van der Waals surface area (Å²) in [6, 6.07) is 19.4. The monoisotopic (exact) mass is 295 g/mol. The SMILES string of the molecule is C1=CC2=Cc3c(c4ccccc4n3-c3ccccc3)CC2C=C1. The molecular formula is C22H17N. The molecule has 1 unspecified atom stereocenters. The van der Waals surface area contributed by atoms with E-state index in [1.54, 1.807) is 0 Å². The first-order valence-corrected chi connectivity index (χ1v) is 8.16. The van der Waals surface area contributed by atoms with Crippen molar-refractivity contribution < 1.29 is 0 Å². The highest BCUT2D eigenvalue weighted by atomic mass is 15.0. The van der Waals surface area contributed by atoms with Gasteiger partial charge in [0.1, 0.15) is 0 Å². The summed E-state index contributed by atoms with van der Waals surface area (Å²) in [5, 5.41) is 1.38. The van der Waals surface area contributed by atoms with Crippen LogP contribution in [-0.4, -0.2) is 4.57 Å². The minimum Gasteiger partial charge on any atom is -0.310 e. The molecule has 0 saturated heterocycles.